The van der Waals surface area contributed by atoms with Crippen molar-refractivity contribution in [3.8, 4) is 11.5 Å². The van der Waals surface area contributed by atoms with Crippen LogP contribution in [0.15, 0.2) is 36.4 Å². The Labute approximate surface area is 158 Å². The third-order valence-corrected chi connectivity index (χ3v) is 4.80. The van der Waals surface area contributed by atoms with Gasteiger partial charge in [-0.1, -0.05) is 18.3 Å². The van der Waals surface area contributed by atoms with Crippen molar-refractivity contribution in [2.45, 2.75) is 13.3 Å². The van der Waals surface area contributed by atoms with Gasteiger partial charge in [0.25, 0.3) is 0 Å². The van der Waals surface area contributed by atoms with E-state index < -0.39 is 0 Å². The van der Waals surface area contributed by atoms with Crippen LogP contribution in [0.5, 0.6) is 11.5 Å². The molecule has 0 fully saturated rings. The summed E-state index contributed by atoms with van der Waals surface area (Å²) in [6, 6.07) is 10.2. The summed E-state index contributed by atoms with van der Waals surface area (Å²) in [4.78, 5) is 28.1. The van der Waals surface area contributed by atoms with Crippen LogP contribution in [-0.4, -0.2) is 23.7 Å². The fourth-order valence-corrected chi connectivity index (χ4v) is 3.40. The number of nitrogens with one attached hydrogen (secondary N) is 3. The van der Waals surface area contributed by atoms with Crippen LogP contribution in [0.25, 0.3) is 10.2 Å². The van der Waals surface area contributed by atoms with Gasteiger partial charge in [0, 0.05) is 23.9 Å². The van der Waals surface area contributed by atoms with E-state index in [0.717, 1.165) is 4.70 Å². The average molecular weight is 384 g/mol. The van der Waals surface area contributed by atoms with E-state index in [4.69, 9.17) is 9.47 Å². The Hall–Kier alpha value is -3.33. The predicted molar refractivity (Wildman–Crippen MR) is 104 cm³/mol. The molecule has 3 amide bonds. The number of thiazole rings is 1. The molecule has 27 heavy (non-hydrogen) atoms. The van der Waals surface area contributed by atoms with Gasteiger partial charge >= 0.3 is 6.03 Å². The number of hydrogen-bond acceptors (Lipinski definition) is 6. The molecular formula is C18H16N4O4S. The first kappa shape index (κ1) is 17.1. The summed E-state index contributed by atoms with van der Waals surface area (Å²) in [5.41, 5.74) is 1.89. The molecular weight excluding hydrogens is 368 g/mol. The van der Waals surface area contributed by atoms with Gasteiger partial charge < -0.3 is 25.4 Å². The molecule has 1 aromatic heterocycles. The summed E-state index contributed by atoms with van der Waals surface area (Å²) < 4.78 is 11.5. The van der Waals surface area contributed by atoms with E-state index in [1.807, 2.05) is 6.07 Å². The Morgan fingerprint density at radius 2 is 1.78 bits per heavy atom. The van der Waals surface area contributed by atoms with Crippen LogP contribution in [-0.2, 0) is 4.79 Å². The summed E-state index contributed by atoms with van der Waals surface area (Å²) in [5.74, 6) is 1.16. The molecule has 8 nitrogen and oxygen atoms in total. The Balaban J connectivity index is 1.44. The lowest BCUT2D eigenvalue weighted by Gasteiger charge is -2.08. The molecule has 0 radical (unpaired) electrons. The largest absolute Gasteiger partial charge is 0.454 e. The van der Waals surface area contributed by atoms with E-state index in [2.05, 4.69) is 20.9 Å². The Bertz CT molecular complexity index is 1030. The number of carbonyl (C=O) groups excluding carboxylic acids is 2. The smallest absolute Gasteiger partial charge is 0.323 e. The molecule has 0 spiro atoms. The number of aromatic nitrogens is 1. The molecule has 0 aliphatic carbocycles. The maximum Gasteiger partial charge on any atom is 0.323 e. The van der Waals surface area contributed by atoms with Gasteiger partial charge in [0.2, 0.25) is 12.7 Å². The average Bonchev–Trinajstić information content (AvgIpc) is 3.26. The SMILES string of the molecule is CCC(=O)Nc1nc2cc(NC(=O)Nc3ccc4c(c3)OCO4)ccc2s1. The van der Waals surface area contributed by atoms with E-state index >= 15 is 0 Å². The van der Waals surface area contributed by atoms with Crippen LogP contribution in [0.4, 0.5) is 21.3 Å². The van der Waals surface area contributed by atoms with Gasteiger partial charge in [0.05, 0.1) is 10.2 Å². The van der Waals surface area contributed by atoms with Gasteiger partial charge in [-0.15, -0.1) is 0 Å². The van der Waals surface area contributed by atoms with Crippen molar-refractivity contribution in [2.24, 2.45) is 0 Å². The van der Waals surface area contributed by atoms with Gasteiger partial charge in [0.15, 0.2) is 16.6 Å². The maximum atomic E-state index is 12.2. The molecule has 9 heteroatoms. The van der Waals surface area contributed by atoms with Crippen molar-refractivity contribution in [1.82, 2.24) is 4.98 Å². The molecule has 0 bridgehead atoms. The topological polar surface area (TPSA) is 102 Å². The zero-order valence-corrected chi connectivity index (χ0v) is 15.2. The number of carbonyl (C=O) groups is 2. The second kappa shape index (κ2) is 7.12. The lowest BCUT2D eigenvalue weighted by molar-refractivity contribution is -0.115. The van der Waals surface area contributed by atoms with Gasteiger partial charge in [-0.05, 0) is 30.3 Å². The molecule has 3 N–H and O–H groups in total. The molecule has 1 aliphatic heterocycles. The van der Waals surface area contributed by atoms with Gasteiger partial charge in [-0.2, -0.15) is 0 Å². The molecule has 0 saturated heterocycles. The highest BCUT2D eigenvalue weighted by atomic mass is 32.1. The third-order valence-electron chi connectivity index (χ3n) is 3.84. The second-order valence-electron chi connectivity index (χ2n) is 5.75. The fourth-order valence-electron chi connectivity index (χ4n) is 2.53. The van der Waals surface area contributed by atoms with Crippen LogP contribution in [0.3, 0.4) is 0 Å². The molecule has 2 heterocycles. The van der Waals surface area contributed by atoms with Crippen molar-refractivity contribution in [2.75, 3.05) is 22.7 Å². The van der Waals surface area contributed by atoms with Crippen molar-refractivity contribution >= 4 is 50.0 Å². The minimum absolute atomic E-state index is 0.0875. The quantitative estimate of drug-likeness (QED) is 0.631. The van der Waals surface area contributed by atoms with E-state index in [9.17, 15) is 9.59 Å². The van der Waals surface area contributed by atoms with E-state index in [-0.39, 0.29) is 18.7 Å². The number of fused-ring (bicyclic) bond motifs is 2. The number of amides is 3. The maximum absolute atomic E-state index is 12.2. The summed E-state index contributed by atoms with van der Waals surface area (Å²) in [6.07, 6.45) is 0.392. The number of urea groups is 1. The van der Waals surface area contributed by atoms with Crippen LogP contribution in [0.1, 0.15) is 13.3 Å². The van der Waals surface area contributed by atoms with Gasteiger partial charge in [0.1, 0.15) is 0 Å². The van der Waals surface area contributed by atoms with E-state index in [0.29, 0.717) is 39.9 Å². The summed E-state index contributed by atoms with van der Waals surface area (Å²) in [5, 5.41) is 8.79. The number of rotatable bonds is 4. The molecule has 1 aliphatic rings. The van der Waals surface area contributed by atoms with Crippen LogP contribution >= 0.6 is 11.3 Å². The van der Waals surface area contributed by atoms with Crippen molar-refractivity contribution in [3.63, 3.8) is 0 Å². The highest BCUT2D eigenvalue weighted by molar-refractivity contribution is 7.22. The summed E-state index contributed by atoms with van der Waals surface area (Å²) in [7, 11) is 0. The van der Waals surface area contributed by atoms with Crippen LogP contribution in [0, 0.1) is 0 Å². The van der Waals surface area contributed by atoms with Crippen LogP contribution in [0.2, 0.25) is 0 Å². The van der Waals surface area contributed by atoms with E-state index in [1.54, 1.807) is 37.3 Å². The zero-order chi connectivity index (χ0) is 18.8. The van der Waals surface area contributed by atoms with E-state index in [1.165, 1.54) is 11.3 Å². The van der Waals surface area contributed by atoms with Gasteiger partial charge in [-0.3, -0.25) is 4.79 Å². The Morgan fingerprint density at radius 3 is 2.59 bits per heavy atom. The molecule has 0 atom stereocenters. The second-order valence-corrected chi connectivity index (χ2v) is 6.78. The fraction of sp³-hybridized carbons (Fsp3) is 0.167. The van der Waals surface area contributed by atoms with Gasteiger partial charge in [-0.25, -0.2) is 9.78 Å². The lowest BCUT2D eigenvalue weighted by atomic mass is 10.3. The Kier molecular flexibility index (Phi) is 4.51. The summed E-state index contributed by atoms with van der Waals surface area (Å²) >= 11 is 1.39. The predicted octanol–water partition coefficient (Wildman–Crippen LogP) is 4.02. The first-order valence-electron chi connectivity index (χ1n) is 8.29. The van der Waals surface area contributed by atoms with Crippen molar-refractivity contribution in [1.29, 1.82) is 0 Å². The molecule has 4 rings (SSSR count). The molecule has 138 valence electrons. The molecule has 0 unspecified atom stereocenters. The molecule has 2 aromatic carbocycles. The third kappa shape index (κ3) is 3.77. The van der Waals surface area contributed by atoms with Crippen LogP contribution < -0.4 is 25.4 Å². The number of hydrogen-bond donors (Lipinski definition) is 3. The zero-order valence-electron chi connectivity index (χ0n) is 14.4. The summed E-state index contributed by atoms with van der Waals surface area (Å²) in [6.45, 7) is 1.96. The highest BCUT2D eigenvalue weighted by Gasteiger charge is 2.14. The number of benzene rings is 2. The number of ether oxygens (including phenoxy) is 2. The minimum Gasteiger partial charge on any atom is -0.454 e. The lowest BCUT2D eigenvalue weighted by Crippen LogP contribution is -2.19. The standard InChI is InChI=1S/C18H16N4O4S/c1-2-16(23)22-18-21-12-7-10(4-6-15(12)27-18)19-17(24)20-11-3-5-13-14(8-11)26-9-25-13/h3-8H,2,9H2,1H3,(H2,19,20,24)(H,21,22,23). The monoisotopic (exact) mass is 384 g/mol. The first-order valence-corrected chi connectivity index (χ1v) is 9.10. The molecule has 0 saturated carbocycles. The minimum atomic E-state index is -0.386. The number of nitrogens with zero attached hydrogens (tertiary/aromatic N) is 1. The first-order chi connectivity index (χ1) is 13.1. The molecule has 3 aromatic rings. The highest BCUT2D eigenvalue weighted by Crippen LogP contribution is 2.34. The van der Waals surface area contributed by atoms with Crippen molar-refractivity contribution in [3.05, 3.63) is 36.4 Å². The van der Waals surface area contributed by atoms with Crippen molar-refractivity contribution < 1.29 is 19.1 Å². The normalized spacial score (nSPS) is 12.0. The Morgan fingerprint density at radius 1 is 1.04 bits per heavy atom. The number of anilines is 3.